The lowest BCUT2D eigenvalue weighted by atomic mass is 10.0. The summed E-state index contributed by atoms with van der Waals surface area (Å²) < 4.78 is 5.57. The minimum Gasteiger partial charge on any atom is -0.492 e. The van der Waals surface area contributed by atoms with Gasteiger partial charge in [-0.1, -0.05) is 12.1 Å². The van der Waals surface area contributed by atoms with Crippen molar-refractivity contribution >= 4 is 23.1 Å². The van der Waals surface area contributed by atoms with Crippen LogP contribution in [-0.4, -0.2) is 48.1 Å². The summed E-state index contributed by atoms with van der Waals surface area (Å²) in [5.41, 5.74) is 2.20. The number of likely N-dealkylation sites (tertiary alicyclic amines) is 1. The molecule has 0 spiro atoms. The van der Waals surface area contributed by atoms with Gasteiger partial charge >= 0.3 is 6.03 Å². The van der Waals surface area contributed by atoms with Crippen LogP contribution in [0.2, 0.25) is 0 Å². The molecule has 2 aliphatic heterocycles. The number of anilines is 1. The van der Waals surface area contributed by atoms with E-state index in [-0.39, 0.29) is 6.03 Å². The maximum absolute atomic E-state index is 12.5. The fourth-order valence-electron chi connectivity index (χ4n) is 3.48. The number of hydrogen-bond donors (Lipinski definition) is 1. The van der Waals surface area contributed by atoms with Crippen LogP contribution >= 0.6 is 11.3 Å². The van der Waals surface area contributed by atoms with Crippen molar-refractivity contribution in [3.05, 3.63) is 46.2 Å². The normalized spacial score (nSPS) is 17.7. The van der Waals surface area contributed by atoms with Crippen molar-refractivity contribution in [2.75, 3.05) is 31.6 Å². The van der Waals surface area contributed by atoms with Crippen molar-refractivity contribution in [3.8, 4) is 5.75 Å². The molecule has 1 fully saturated rings. The molecule has 6 heteroatoms. The zero-order chi connectivity index (χ0) is 17.2. The molecule has 0 radical (unpaired) electrons. The smallest absolute Gasteiger partial charge is 0.322 e. The number of nitrogens with zero attached hydrogens (tertiary/aromatic N) is 2. The molecule has 1 aromatic heterocycles. The SMILES string of the molecule is CCOc1ccccc1NC(=O)N1CC(N2CCc3sccc3C2)C1. The number of para-hydroxylation sites is 2. The van der Waals surface area contributed by atoms with Gasteiger partial charge in [0, 0.05) is 37.1 Å². The quantitative estimate of drug-likeness (QED) is 0.912. The van der Waals surface area contributed by atoms with Gasteiger partial charge in [0.1, 0.15) is 5.75 Å². The molecule has 4 rings (SSSR count). The summed E-state index contributed by atoms with van der Waals surface area (Å²) in [5, 5.41) is 5.16. The third kappa shape index (κ3) is 3.37. The van der Waals surface area contributed by atoms with Gasteiger partial charge in [0.05, 0.1) is 12.3 Å². The Morgan fingerprint density at radius 3 is 3.00 bits per heavy atom. The number of thiophene rings is 1. The van der Waals surface area contributed by atoms with Crippen LogP contribution in [0.4, 0.5) is 10.5 Å². The zero-order valence-corrected chi connectivity index (χ0v) is 15.2. The van der Waals surface area contributed by atoms with Gasteiger partial charge in [-0.15, -0.1) is 11.3 Å². The van der Waals surface area contributed by atoms with E-state index in [4.69, 9.17) is 4.74 Å². The molecule has 0 atom stereocenters. The first-order chi connectivity index (χ1) is 12.2. The lowest BCUT2D eigenvalue weighted by Gasteiger charge is -2.46. The molecular formula is C19H23N3O2S. The topological polar surface area (TPSA) is 44.8 Å². The molecule has 1 saturated heterocycles. The molecule has 2 aliphatic rings. The summed E-state index contributed by atoms with van der Waals surface area (Å²) >= 11 is 1.86. The van der Waals surface area contributed by atoms with Crippen LogP contribution in [0.1, 0.15) is 17.4 Å². The van der Waals surface area contributed by atoms with E-state index >= 15 is 0 Å². The van der Waals surface area contributed by atoms with E-state index in [1.54, 1.807) is 0 Å². The predicted molar refractivity (Wildman–Crippen MR) is 100 cm³/mol. The second-order valence-electron chi connectivity index (χ2n) is 6.51. The highest BCUT2D eigenvalue weighted by Crippen LogP contribution is 2.29. The molecule has 0 unspecified atom stereocenters. The molecule has 1 N–H and O–H groups in total. The molecule has 5 nitrogen and oxygen atoms in total. The highest BCUT2D eigenvalue weighted by molar-refractivity contribution is 7.10. The van der Waals surface area contributed by atoms with E-state index in [0.717, 1.165) is 44.0 Å². The monoisotopic (exact) mass is 357 g/mol. The molecular weight excluding hydrogens is 334 g/mol. The van der Waals surface area contributed by atoms with E-state index in [2.05, 4.69) is 21.7 Å². The Morgan fingerprint density at radius 2 is 2.16 bits per heavy atom. The van der Waals surface area contributed by atoms with Crippen LogP contribution in [0.15, 0.2) is 35.7 Å². The third-order valence-electron chi connectivity index (χ3n) is 4.93. The number of rotatable bonds is 4. The fourth-order valence-corrected chi connectivity index (χ4v) is 4.37. The maximum Gasteiger partial charge on any atom is 0.322 e. The van der Waals surface area contributed by atoms with Crippen LogP contribution in [-0.2, 0) is 13.0 Å². The van der Waals surface area contributed by atoms with Gasteiger partial charge in [0.2, 0.25) is 0 Å². The standard InChI is InChI=1S/C19H23N3O2S/c1-2-24-17-6-4-3-5-16(17)20-19(23)22-12-15(13-22)21-9-7-18-14(11-21)8-10-25-18/h3-6,8,10,15H,2,7,9,11-13H2,1H3,(H,20,23). The number of ether oxygens (including phenoxy) is 1. The largest absolute Gasteiger partial charge is 0.492 e. The van der Waals surface area contributed by atoms with Crippen molar-refractivity contribution < 1.29 is 9.53 Å². The number of urea groups is 1. The van der Waals surface area contributed by atoms with Gasteiger partial charge in [-0.25, -0.2) is 4.79 Å². The number of nitrogens with one attached hydrogen (secondary N) is 1. The van der Waals surface area contributed by atoms with Gasteiger partial charge in [0.25, 0.3) is 0 Å². The van der Waals surface area contributed by atoms with E-state index in [1.807, 2.05) is 47.4 Å². The first-order valence-electron chi connectivity index (χ1n) is 8.81. The summed E-state index contributed by atoms with van der Waals surface area (Å²) in [4.78, 5) is 18.4. The van der Waals surface area contributed by atoms with Gasteiger partial charge in [-0.05, 0) is 42.5 Å². The second kappa shape index (κ2) is 7.06. The molecule has 132 valence electrons. The van der Waals surface area contributed by atoms with Crippen molar-refractivity contribution in [2.24, 2.45) is 0 Å². The summed E-state index contributed by atoms with van der Waals surface area (Å²) in [5.74, 6) is 0.719. The average Bonchev–Trinajstić information content (AvgIpc) is 3.03. The summed E-state index contributed by atoms with van der Waals surface area (Å²) in [6.07, 6.45) is 1.14. The Labute approximate surface area is 152 Å². The number of hydrogen-bond acceptors (Lipinski definition) is 4. The summed E-state index contributed by atoms with van der Waals surface area (Å²) in [6, 6.07) is 10.2. The average molecular weight is 357 g/mol. The first-order valence-corrected chi connectivity index (χ1v) is 9.69. The van der Waals surface area contributed by atoms with Crippen LogP contribution in [0.25, 0.3) is 0 Å². The van der Waals surface area contributed by atoms with Crippen LogP contribution < -0.4 is 10.1 Å². The van der Waals surface area contributed by atoms with Crippen LogP contribution in [0, 0.1) is 0 Å². The molecule has 0 bridgehead atoms. The summed E-state index contributed by atoms with van der Waals surface area (Å²) in [7, 11) is 0. The Balaban J connectivity index is 1.31. The fraction of sp³-hybridized carbons (Fsp3) is 0.421. The molecule has 2 aromatic rings. The highest BCUT2D eigenvalue weighted by atomic mass is 32.1. The van der Waals surface area contributed by atoms with E-state index in [1.165, 1.54) is 10.4 Å². The van der Waals surface area contributed by atoms with E-state index in [9.17, 15) is 4.79 Å². The van der Waals surface area contributed by atoms with Crippen LogP contribution in [0.3, 0.4) is 0 Å². The van der Waals surface area contributed by atoms with Crippen molar-refractivity contribution in [1.29, 1.82) is 0 Å². The zero-order valence-electron chi connectivity index (χ0n) is 14.4. The van der Waals surface area contributed by atoms with Crippen molar-refractivity contribution in [2.45, 2.75) is 25.9 Å². The third-order valence-corrected chi connectivity index (χ3v) is 5.95. The van der Waals surface area contributed by atoms with Gasteiger partial charge in [-0.2, -0.15) is 0 Å². The first kappa shape index (κ1) is 16.4. The molecule has 1 aromatic carbocycles. The lowest BCUT2D eigenvalue weighted by molar-refractivity contribution is 0.0533. The lowest BCUT2D eigenvalue weighted by Crippen LogP contribution is -2.62. The predicted octanol–water partition coefficient (Wildman–Crippen LogP) is 3.42. The van der Waals surface area contributed by atoms with Crippen molar-refractivity contribution in [1.82, 2.24) is 9.80 Å². The van der Waals surface area contributed by atoms with Gasteiger partial charge < -0.3 is 15.0 Å². The van der Waals surface area contributed by atoms with Gasteiger partial charge in [0.15, 0.2) is 0 Å². The summed E-state index contributed by atoms with van der Waals surface area (Å²) in [6.45, 7) is 6.23. The molecule has 25 heavy (non-hydrogen) atoms. The Morgan fingerprint density at radius 1 is 1.32 bits per heavy atom. The molecule has 0 aliphatic carbocycles. The van der Waals surface area contributed by atoms with E-state index in [0.29, 0.717) is 12.6 Å². The Bertz CT molecular complexity index is 755. The highest BCUT2D eigenvalue weighted by Gasteiger charge is 2.36. The molecule has 0 saturated carbocycles. The molecule has 2 amide bonds. The minimum atomic E-state index is -0.0448. The van der Waals surface area contributed by atoms with E-state index < -0.39 is 0 Å². The van der Waals surface area contributed by atoms with Crippen molar-refractivity contribution in [3.63, 3.8) is 0 Å². The van der Waals surface area contributed by atoms with Gasteiger partial charge in [-0.3, -0.25) is 4.90 Å². The second-order valence-corrected chi connectivity index (χ2v) is 7.51. The number of amides is 2. The Kier molecular flexibility index (Phi) is 4.63. The number of carbonyl (C=O) groups excluding carboxylic acids is 1. The number of fused-ring (bicyclic) bond motifs is 1. The molecule has 3 heterocycles. The maximum atomic E-state index is 12.5. The number of carbonyl (C=O) groups is 1. The number of benzene rings is 1. The van der Waals surface area contributed by atoms with Crippen LogP contribution in [0.5, 0.6) is 5.75 Å². The Hall–Kier alpha value is -2.05. The minimum absolute atomic E-state index is 0.0448.